The van der Waals surface area contributed by atoms with E-state index in [1.165, 1.54) is 10.7 Å². The first kappa shape index (κ1) is 17.2. The fourth-order valence-corrected chi connectivity index (χ4v) is 3.40. The molecular formula is C19H18N4O4. The number of aromatic nitrogens is 2. The third-order valence-electron chi connectivity index (χ3n) is 4.75. The van der Waals surface area contributed by atoms with Gasteiger partial charge in [0.05, 0.1) is 29.2 Å². The zero-order chi connectivity index (χ0) is 19.0. The van der Waals surface area contributed by atoms with Gasteiger partial charge in [-0.3, -0.25) is 14.9 Å². The highest BCUT2D eigenvalue weighted by Crippen LogP contribution is 2.34. The molecule has 2 heterocycles. The quantitative estimate of drug-likeness (QED) is 0.522. The molecule has 2 aromatic carbocycles. The van der Waals surface area contributed by atoms with Crippen molar-refractivity contribution in [3.05, 3.63) is 62.9 Å². The number of ether oxygens (including phenoxy) is 1. The fraction of sp³-hybridized carbons (Fsp3) is 0.263. The summed E-state index contributed by atoms with van der Waals surface area (Å²) in [6, 6.07) is 12.3. The van der Waals surface area contributed by atoms with Crippen molar-refractivity contribution in [2.45, 2.75) is 0 Å². The first-order valence-corrected chi connectivity index (χ1v) is 8.64. The molecule has 1 fully saturated rings. The van der Waals surface area contributed by atoms with Crippen molar-refractivity contribution in [2.75, 3.05) is 31.2 Å². The summed E-state index contributed by atoms with van der Waals surface area (Å²) in [5, 5.41) is 17.3. The van der Waals surface area contributed by atoms with Crippen LogP contribution < -0.4 is 10.5 Å². The van der Waals surface area contributed by atoms with Crippen molar-refractivity contribution in [1.82, 2.24) is 9.78 Å². The number of nitro benzene ring substituents is 1. The smallest absolute Gasteiger partial charge is 0.293 e. The highest BCUT2D eigenvalue weighted by molar-refractivity contribution is 5.94. The monoisotopic (exact) mass is 366 g/mol. The lowest BCUT2D eigenvalue weighted by atomic mass is 10.0. The van der Waals surface area contributed by atoms with Crippen molar-refractivity contribution >= 4 is 22.1 Å². The van der Waals surface area contributed by atoms with E-state index in [9.17, 15) is 14.9 Å². The number of benzene rings is 2. The molecule has 0 saturated carbocycles. The van der Waals surface area contributed by atoms with Crippen LogP contribution in [0.15, 0.2) is 47.3 Å². The van der Waals surface area contributed by atoms with Gasteiger partial charge in [-0.05, 0) is 12.1 Å². The van der Waals surface area contributed by atoms with E-state index in [1.54, 1.807) is 31.3 Å². The maximum absolute atomic E-state index is 12.3. The molecule has 0 radical (unpaired) electrons. The molecule has 1 aliphatic heterocycles. The largest absolute Gasteiger partial charge is 0.378 e. The fourth-order valence-electron chi connectivity index (χ4n) is 3.40. The highest BCUT2D eigenvalue weighted by atomic mass is 16.6. The molecule has 0 bridgehead atoms. The number of anilines is 1. The summed E-state index contributed by atoms with van der Waals surface area (Å²) < 4.78 is 6.60. The minimum atomic E-state index is -0.377. The van der Waals surface area contributed by atoms with Gasteiger partial charge >= 0.3 is 0 Å². The molecule has 27 heavy (non-hydrogen) atoms. The molecule has 0 amide bonds. The van der Waals surface area contributed by atoms with E-state index in [0.29, 0.717) is 54.0 Å². The van der Waals surface area contributed by atoms with Crippen molar-refractivity contribution in [3.8, 4) is 11.3 Å². The van der Waals surface area contributed by atoms with Crippen LogP contribution in [0.5, 0.6) is 0 Å². The summed E-state index contributed by atoms with van der Waals surface area (Å²) in [7, 11) is 1.58. The molecule has 4 rings (SSSR count). The lowest BCUT2D eigenvalue weighted by Gasteiger charge is -2.28. The van der Waals surface area contributed by atoms with Crippen molar-refractivity contribution < 1.29 is 9.66 Å². The maximum atomic E-state index is 12.3. The number of hydrogen-bond donors (Lipinski definition) is 0. The van der Waals surface area contributed by atoms with Crippen molar-refractivity contribution in [2.24, 2.45) is 7.05 Å². The first-order valence-electron chi connectivity index (χ1n) is 8.64. The second-order valence-electron chi connectivity index (χ2n) is 6.38. The zero-order valence-electron chi connectivity index (χ0n) is 14.8. The summed E-state index contributed by atoms with van der Waals surface area (Å²) in [6.45, 7) is 2.32. The molecule has 0 unspecified atom stereocenters. The molecule has 0 N–H and O–H groups in total. The van der Waals surface area contributed by atoms with Crippen LogP contribution in [-0.2, 0) is 11.8 Å². The van der Waals surface area contributed by atoms with Gasteiger partial charge in [-0.25, -0.2) is 4.68 Å². The Hall–Kier alpha value is -3.26. The zero-order valence-corrected chi connectivity index (χ0v) is 14.8. The predicted octanol–water partition coefficient (Wildman–Crippen LogP) is 2.35. The van der Waals surface area contributed by atoms with Gasteiger partial charge in [0.15, 0.2) is 0 Å². The van der Waals surface area contributed by atoms with Gasteiger partial charge in [-0.2, -0.15) is 5.10 Å². The molecule has 0 spiro atoms. The van der Waals surface area contributed by atoms with Gasteiger partial charge in [0.1, 0.15) is 5.69 Å². The number of aryl methyl sites for hydroxylation is 1. The number of rotatable bonds is 3. The summed E-state index contributed by atoms with van der Waals surface area (Å²) in [5.41, 5.74) is 1.54. The lowest BCUT2D eigenvalue weighted by Crippen LogP contribution is -2.36. The molecule has 8 heteroatoms. The second kappa shape index (κ2) is 6.81. The van der Waals surface area contributed by atoms with Crippen molar-refractivity contribution in [1.29, 1.82) is 0 Å². The Morgan fingerprint density at radius 2 is 1.81 bits per heavy atom. The molecule has 1 aliphatic rings. The molecule has 1 saturated heterocycles. The Bertz CT molecular complexity index is 1090. The van der Waals surface area contributed by atoms with E-state index in [-0.39, 0.29) is 16.2 Å². The molecule has 0 atom stereocenters. The summed E-state index contributed by atoms with van der Waals surface area (Å²) in [5.74, 6) is 0. The number of nitrogens with zero attached hydrogens (tertiary/aromatic N) is 4. The van der Waals surface area contributed by atoms with Crippen LogP contribution in [0.2, 0.25) is 0 Å². The summed E-state index contributed by atoms with van der Waals surface area (Å²) in [6.07, 6.45) is 0. The van der Waals surface area contributed by atoms with Gasteiger partial charge in [-0.1, -0.05) is 24.3 Å². The van der Waals surface area contributed by atoms with Gasteiger partial charge in [0.2, 0.25) is 0 Å². The topological polar surface area (TPSA) is 90.5 Å². The average Bonchev–Trinajstić information content (AvgIpc) is 2.71. The minimum absolute atomic E-state index is 0.0223. The summed E-state index contributed by atoms with van der Waals surface area (Å²) in [4.78, 5) is 25.6. The normalized spacial score (nSPS) is 14.5. The SMILES string of the molecule is Cn1nc(-c2ccc(N3CCOCC3)c([N+](=O)[O-])c2)c2ccccc2c1=O. The average molecular weight is 366 g/mol. The molecule has 3 aromatic rings. The minimum Gasteiger partial charge on any atom is -0.378 e. The molecule has 0 aliphatic carbocycles. The Morgan fingerprint density at radius 1 is 1.11 bits per heavy atom. The summed E-state index contributed by atoms with van der Waals surface area (Å²) >= 11 is 0. The number of nitro groups is 1. The standard InChI is InChI=1S/C19H18N4O4/c1-21-19(24)15-5-3-2-4-14(15)18(20-21)13-6-7-16(17(12-13)23(25)26)22-8-10-27-11-9-22/h2-7,12H,8-11H2,1H3. The third kappa shape index (κ3) is 3.04. The van der Waals surface area contributed by atoms with E-state index in [0.717, 1.165) is 0 Å². The Balaban J connectivity index is 1.89. The molecule has 138 valence electrons. The van der Waals surface area contributed by atoms with Gasteiger partial charge in [0, 0.05) is 37.2 Å². The lowest BCUT2D eigenvalue weighted by molar-refractivity contribution is -0.384. The van der Waals surface area contributed by atoms with Crippen LogP contribution in [0.3, 0.4) is 0 Å². The molecule has 1 aromatic heterocycles. The van der Waals surface area contributed by atoms with Crippen LogP contribution in [-0.4, -0.2) is 41.0 Å². The van der Waals surface area contributed by atoms with E-state index in [4.69, 9.17) is 4.74 Å². The van der Waals surface area contributed by atoms with Crippen molar-refractivity contribution in [3.63, 3.8) is 0 Å². The van der Waals surface area contributed by atoms with Crippen LogP contribution in [0, 0.1) is 10.1 Å². The molecule has 8 nitrogen and oxygen atoms in total. The highest BCUT2D eigenvalue weighted by Gasteiger charge is 2.23. The predicted molar refractivity (Wildman–Crippen MR) is 102 cm³/mol. The van der Waals surface area contributed by atoms with Crippen LogP contribution >= 0.6 is 0 Å². The van der Waals surface area contributed by atoms with E-state index < -0.39 is 0 Å². The first-order chi connectivity index (χ1) is 13.1. The number of hydrogen-bond acceptors (Lipinski definition) is 6. The Labute approximate surface area is 154 Å². The number of fused-ring (bicyclic) bond motifs is 1. The van der Waals surface area contributed by atoms with Crippen LogP contribution in [0.4, 0.5) is 11.4 Å². The van der Waals surface area contributed by atoms with E-state index in [1.807, 2.05) is 17.0 Å². The maximum Gasteiger partial charge on any atom is 0.293 e. The van der Waals surface area contributed by atoms with E-state index >= 15 is 0 Å². The third-order valence-corrected chi connectivity index (χ3v) is 4.75. The van der Waals surface area contributed by atoms with Crippen LogP contribution in [0.1, 0.15) is 0 Å². The Kier molecular flexibility index (Phi) is 4.33. The van der Waals surface area contributed by atoms with Crippen LogP contribution in [0.25, 0.3) is 22.0 Å². The second-order valence-corrected chi connectivity index (χ2v) is 6.38. The van der Waals surface area contributed by atoms with Gasteiger partial charge in [0.25, 0.3) is 11.2 Å². The van der Waals surface area contributed by atoms with Gasteiger partial charge in [-0.15, -0.1) is 0 Å². The van der Waals surface area contributed by atoms with Gasteiger partial charge < -0.3 is 9.64 Å². The Morgan fingerprint density at radius 3 is 2.52 bits per heavy atom. The molecular weight excluding hydrogens is 348 g/mol. The number of morpholine rings is 1. The van der Waals surface area contributed by atoms with E-state index in [2.05, 4.69) is 5.10 Å².